The fourth-order valence-corrected chi connectivity index (χ4v) is 1.47. The van der Waals surface area contributed by atoms with Crippen LogP contribution < -0.4 is 0 Å². The molecule has 0 saturated heterocycles. The molecule has 13 heavy (non-hydrogen) atoms. The first-order valence-electron chi connectivity index (χ1n) is 3.36. The molecule has 1 rings (SSSR count). The first-order valence-corrected chi connectivity index (χ1v) is 5.03. The second-order valence-electron chi connectivity index (χ2n) is 2.45. The van der Waals surface area contributed by atoms with Gasteiger partial charge >= 0.3 is 0 Å². The van der Waals surface area contributed by atoms with E-state index >= 15 is 0 Å². The normalized spacial score (nSPS) is 11.8. The fraction of sp³-hybridized carbons (Fsp3) is 0.250. The quantitative estimate of drug-likeness (QED) is 0.658. The summed E-state index contributed by atoms with van der Waals surface area (Å²) in [6.45, 7) is 0. The highest BCUT2D eigenvalue weighted by atomic mass is 35.6. The molecule has 0 nitrogen and oxygen atoms in total. The molecule has 0 aliphatic heterocycles. The lowest BCUT2D eigenvalue weighted by Gasteiger charge is -2.12. The van der Waals surface area contributed by atoms with Crippen molar-refractivity contribution in [2.24, 2.45) is 0 Å². The standard InChI is InChI=1S/C8H5Cl4F/c9-4-5-1-2-7(13)6(3-5)8(10,11)12/h1-3H,4H2. The molecule has 1 aromatic rings. The predicted molar refractivity (Wildman–Crippen MR) is 55.2 cm³/mol. The summed E-state index contributed by atoms with van der Waals surface area (Å²) in [4.78, 5) is 0. The minimum Gasteiger partial charge on any atom is -0.207 e. The molecule has 0 aromatic heterocycles. The Labute approximate surface area is 95.5 Å². The van der Waals surface area contributed by atoms with Gasteiger partial charge in [0.25, 0.3) is 0 Å². The Morgan fingerprint density at radius 1 is 1.23 bits per heavy atom. The highest BCUT2D eigenvalue weighted by molar-refractivity contribution is 6.66. The molecule has 0 amide bonds. The maximum absolute atomic E-state index is 13.1. The third-order valence-electron chi connectivity index (χ3n) is 1.49. The monoisotopic (exact) mass is 260 g/mol. The van der Waals surface area contributed by atoms with Gasteiger partial charge in [-0.2, -0.15) is 0 Å². The summed E-state index contributed by atoms with van der Waals surface area (Å²) in [5.74, 6) is -0.289. The average molecular weight is 262 g/mol. The average Bonchev–Trinajstić information content (AvgIpc) is 2.03. The van der Waals surface area contributed by atoms with Gasteiger partial charge in [-0.15, -0.1) is 11.6 Å². The van der Waals surface area contributed by atoms with Gasteiger partial charge in [-0.25, -0.2) is 4.39 Å². The van der Waals surface area contributed by atoms with Gasteiger partial charge in [-0.05, 0) is 17.7 Å². The van der Waals surface area contributed by atoms with Crippen molar-refractivity contribution in [1.82, 2.24) is 0 Å². The van der Waals surface area contributed by atoms with Crippen molar-refractivity contribution in [3.8, 4) is 0 Å². The summed E-state index contributed by atoms with van der Waals surface area (Å²) in [6, 6.07) is 4.21. The Hall–Kier alpha value is 0.310. The van der Waals surface area contributed by atoms with Crippen LogP contribution in [0.5, 0.6) is 0 Å². The molecule has 0 spiro atoms. The Kier molecular flexibility index (Phi) is 3.70. The number of halogens is 5. The molecule has 0 aliphatic rings. The maximum Gasteiger partial charge on any atom is 0.218 e. The minimum absolute atomic E-state index is 0.0238. The van der Waals surface area contributed by atoms with E-state index in [1.165, 1.54) is 12.1 Å². The zero-order valence-corrected chi connectivity index (χ0v) is 9.35. The molecule has 72 valence electrons. The molecular weight excluding hydrogens is 257 g/mol. The van der Waals surface area contributed by atoms with Gasteiger partial charge < -0.3 is 0 Å². The highest BCUT2D eigenvalue weighted by Crippen LogP contribution is 2.39. The first-order chi connectivity index (χ1) is 5.95. The van der Waals surface area contributed by atoms with Crippen LogP contribution in [-0.2, 0) is 9.67 Å². The summed E-state index contributed by atoms with van der Waals surface area (Å²) >= 11 is 22.2. The van der Waals surface area contributed by atoms with E-state index in [-0.39, 0.29) is 11.4 Å². The van der Waals surface area contributed by atoms with E-state index in [9.17, 15) is 4.39 Å². The van der Waals surface area contributed by atoms with Crippen molar-refractivity contribution in [1.29, 1.82) is 0 Å². The summed E-state index contributed by atoms with van der Waals surface area (Å²) in [5, 5.41) is 0. The Morgan fingerprint density at radius 2 is 1.85 bits per heavy atom. The van der Waals surface area contributed by atoms with Crippen LogP contribution in [0, 0.1) is 5.82 Å². The second-order valence-corrected chi connectivity index (χ2v) is 4.99. The van der Waals surface area contributed by atoms with Gasteiger partial charge in [-0.3, -0.25) is 0 Å². The van der Waals surface area contributed by atoms with E-state index in [2.05, 4.69) is 0 Å². The third kappa shape index (κ3) is 2.88. The third-order valence-corrected chi connectivity index (χ3v) is 2.41. The van der Waals surface area contributed by atoms with E-state index < -0.39 is 9.61 Å². The topological polar surface area (TPSA) is 0 Å². The van der Waals surface area contributed by atoms with Gasteiger partial charge in [0.15, 0.2) is 0 Å². The smallest absolute Gasteiger partial charge is 0.207 e. The SMILES string of the molecule is Fc1ccc(CCl)cc1C(Cl)(Cl)Cl. The number of hydrogen-bond acceptors (Lipinski definition) is 0. The van der Waals surface area contributed by atoms with Crippen molar-refractivity contribution in [3.63, 3.8) is 0 Å². The summed E-state index contributed by atoms with van der Waals surface area (Å²) in [7, 11) is 0. The molecule has 0 bridgehead atoms. The Balaban J connectivity index is 3.19. The number of rotatable bonds is 1. The van der Waals surface area contributed by atoms with Gasteiger partial charge in [0, 0.05) is 11.4 Å². The van der Waals surface area contributed by atoms with Crippen LogP contribution in [0.25, 0.3) is 0 Å². The molecule has 0 unspecified atom stereocenters. The maximum atomic E-state index is 13.1. The second kappa shape index (κ2) is 4.22. The van der Waals surface area contributed by atoms with E-state index in [0.717, 1.165) is 0 Å². The van der Waals surface area contributed by atoms with E-state index in [1.807, 2.05) is 0 Å². The van der Waals surface area contributed by atoms with Crippen LogP contribution in [-0.4, -0.2) is 0 Å². The molecule has 0 atom stereocenters. The summed E-state index contributed by atoms with van der Waals surface area (Å²) < 4.78 is 11.4. The van der Waals surface area contributed by atoms with E-state index in [0.29, 0.717) is 5.56 Å². The van der Waals surface area contributed by atoms with Gasteiger partial charge in [0.1, 0.15) is 5.82 Å². The molecule has 0 heterocycles. The molecule has 1 aromatic carbocycles. The lowest BCUT2D eigenvalue weighted by molar-refractivity contribution is 0.612. The summed E-state index contributed by atoms with van der Waals surface area (Å²) in [6.07, 6.45) is 0. The van der Waals surface area contributed by atoms with Crippen LogP contribution in [0.4, 0.5) is 4.39 Å². The number of alkyl halides is 4. The lowest BCUT2D eigenvalue weighted by Crippen LogP contribution is -2.04. The van der Waals surface area contributed by atoms with Crippen molar-refractivity contribution >= 4 is 46.4 Å². The molecule has 0 N–H and O–H groups in total. The zero-order chi connectivity index (χ0) is 10.1. The van der Waals surface area contributed by atoms with Crippen LogP contribution in [0.15, 0.2) is 18.2 Å². The van der Waals surface area contributed by atoms with Crippen LogP contribution in [0.2, 0.25) is 0 Å². The molecular formula is C8H5Cl4F. The van der Waals surface area contributed by atoms with Gasteiger partial charge in [-0.1, -0.05) is 40.9 Å². The molecule has 0 saturated carbocycles. The van der Waals surface area contributed by atoms with E-state index in [4.69, 9.17) is 46.4 Å². The van der Waals surface area contributed by atoms with Gasteiger partial charge in [0.2, 0.25) is 3.79 Å². The Morgan fingerprint density at radius 3 is 2.31 bits per heavy atom. The van der Waals surface area contributed by atoms with Crippen LogP contribution in [0.1, 0.15) is 11.1 Å². The molecule has 5 heteroatoms. The zero-order valence-electron chi connectivity index (χ0n) is 6.33. The fourth-order valence-electron chi connectivity index (χ4n) is 0.873. The van der Waals surface area contributed by atoms with Crippen molar-refractivity contribution in [3.05, 3.63) is 35.1 Å². The predicted octanol–water partition coefficient (Wildman–Crippen LogP) is 4.39. The first kappa shape index (κ1) is 11.4. The Bertz CT molecular complexity index is 306. The minimum atomic E-state index is -1.74. The highest BCUT2D eigenvalue weighted by Gasteiger charge is 2.26. The van der Waals surface area contributed by atoms with Crippen LogP contribution >= 0.6 is 46.4 Å². The van der Waals surface area contributed by atoms with E-state index in [1.54, 1.807) is 6.07 Å². The molecule has 0 fully saturated rings. The molecule has 0 aliphatic carbocycles. The van der Waals surface area contributed by atoms with Crippen molar-refractivity contribution in [2.45, 2.75) is 9.67 Å². The largest absolute Gasteiger partial charge is 0.218 e. The lowest BCUT2D eigenvalue weighted by atomic mass is 10.1. The van der Waals surface area contributed by atoms with Gasteiger partial charge in [0.05, 0.1) is 0 Å². The number of benzene rings is 1. The van der Waals surface area contributed by atoms with Crippen molar-refractivity contribution in [2.75, 3.05) is 0 Å². The molecule has 0 radical (unpaired) electrons. The number of hydrogen-bond donors (Lipinski definition) is 0. The summed E-state index contributed by atoms with van der Waals surface area (Å²) in [5.41, 5.74) is 0.736. The van der Waals surface area contributed by atoms with Crippen molar-refractivity contribution < 1.29 is 4.39 Å². The van der Waals surface area contributed by atoms with Crippen LogP contribution in [0.3, 0.4) is 0 Å².